The Morgan fingerprint density at radius 2 is 2.04 bits per heavy atom. The van der Waals surface area contributed by atoms with Gasteiger partial charge in [0.2, 0.25) is 0 Å². The zero-order valence-electron chi connectivity index (χ0n) is 16.3. The highest BCUT2D eigenvalue weighted by Crippen LogP contribution is 2.29. The predicted octanol–water partition coefficient (Wildman–Crippen LogP) is 4.38. The number of nitrogen functional groups attached to an aromatic ring is 1. The Labute approximate surface area is 159 Å². The van der Waals surface area contributed by atoms with Crippen molar-refractivity contribution in [2.24, 2.45) is 0 Å². The third-order valence-electron chi connectivity index (χ3n) is 3.83. The Morgan fingerprint density at radius 3 is 2.67 bits per heavy atom. The van der Waals surface area contributed by atoms with E-state index < -0.39 is 0 Å². The van der Waals surface area contributed by atoms with Crippen molar-refractivity contribution >= 4 is 22.4 Å². The van der Waals surface area contributed by atoms with E-state index in [1.54, 1.807) is 18.3 Å². The maximum absolute atomic E-state index is 9.84. The monoisotopic (exact) mass is 365 g/mol. The van der Waals surface area contributed by atoms with Crippen LogP contribution in [0.5, 0.6) is 5.75 Å². The predicted molar refractivity (Wildman–Crippen MR) is 113 cm³/mol. The molecule has 0 atom stereocenters. The highest BCUT2D eigenvalue weighted by atomic mass is 16.3. The fourth-order valence-corrected chi connectivity index (χ4v) is 2.52. The third kappa shape index (κ3) is 4.47. The third-order valence-corrected chi connectivity index (χ3v) is 3.83. The first-order valence-corrected chi connectivity index (χ1v) is 8.90. The van der Waals surface area contributed by atoms with Gasteiger partial charge in [-0.2, -0.15) is 0 Å². The summed E-state index contributed by atoms with van der Waals surface area (Å²) in [5.41, 5.74) is 10.8. The summed E-state index contributed by atoms with van der Waals surface area (Å²) in [5, 5.41) is 12.8. The number of aromatic nitrogens is 3. The average molecular weight is 365 g/mol. The Morgan fingerprint density at radius 1 is 1.33 bits per heavy atom. The number of hydrogen-bond acceptors (Lipinski definition) is 5. The number of benzene rings is 1. The van der Waals surface area contributed by atoms with Crippen LogP contribution in [0.15, 0.2) is 43.3 Å². The molecule has 0 radical (unpaired) electrons. The minimum atomic E-state index is 0.214. The normalized spacial score (nSPS) is 11.0. The second kappa shape index (κ2) is 8.89. The van der Waals surface area contributed by atoms with E-state index in [2.05, 4.69) is 40.7 Å². The molecule has 2 aromatic heterocycles. The van der Waals surface area contributed by atoms with E-state index in [0.717, 1.165) is 22.2 Å². The van der Waals surface area contributed by atoms with Crippen LogP contribution in [-0.4, -0.2) is 27.1 Å². The zero-order valence-corrected chi connectivity index (χ0v) is 16.3. The lowest BCUT2D eigenvalue weighted by atomic mass is 10.1. The molecule has 6 heteroatoms. The van der Waals surface area contributed by atoms with Gasteiger partial charge >= 0.3 is 0 Å². The van der Waals surface area contributed by atoms with Gasteiger partial charge in [-0.25, -0.2) is 9.97 Å². The number of phenolic OH excluding ortho intramolecular Hbond substituents is 1. The molecule has 5 N–H and O–H groups in total. The molecule has 6 nitrogen and oxygen atoms in total. The molecule has 0 unspecified atom stereocenters. The molecular formula is C21H27N5O. The number of anilines is 1. The molecule has 0 aliphatic carbocycles. The quantitative estimate of drug-likeness (QED) is 0.514. The van der Waals surface area contributed by atoms with Crippen LogP contribution in [0, 0.1) is 6.92 Å². The summed E-state index contributed by atoms with van der Waals surface area (Å²) in [7, 11) is 1.82. The van der Waals surface area contributed by atoms with E-state index in [1.165, 1.54) is 6.42 Å². The summed E-state index contributed by atoms with van der Waals surface area (Å²) in [6, 6.07) is 5.40. The van der Waals surface area contributed by atoms with Gasteiger partial charge in [-0.05, 0) is 30.2 Å². The highest BCUT2D eigenvalue weighted by Gasteiger charge is 2.13. The van der Waals surface area contributed by atoms with Crippen LogP contribution in [-0.2, 0) is 0 Å². The summed E-state index contributed by atoms with van der Waals surface area (Å²) in [5.74, 6) is 1.20. The first kappa shape index (κ1) is 20.0. The van der Waals surface area contributed by atoms with Gasteiger partial charge in [-0.3, -0.25) is 0 Å². The van der Waals surface area contributed by atoms with Crippen molar-refractivity contribution in [3.8, 4) is 17.1 Å². The second-order valence-corrected chi connectivity index (χ2v) is 6.20. The Balaban J connectivity index is 0.000000817. The number of rotatable bonds is 4. The SMILES string of the molecule is C=C/C(=C\NC)c1cnc(N)c(-c2nc3cc(O)c(C)cc3[nH]2)c1.CCC. The first-order chi connectivity index (χ1) is 12.9. The minimum absolute atomic E-state index is 0.214. The molecule has 0 saturated carbocycles. The number of nitrogens with two attached hydrogens (primary N) is 1. The van der Waals surface area contributed by atoms with Crippen LogP contribution in [0.4, 0.5) is 5.82 Å². The molecule has 3 aromatic rings. The van der Waals surface area contributed by atoms with Crippen LogP contribution < -0.4 is 11.1 Å². The molecule has 0 fully saturated rings. The van der Waals surface area contributed by atoms with Crippen molar-refractivity contribution < 1.29 is 5.11 Å². The van der Waals surface area contributed by atoms with E-state index in [9.17, 15) is 5.11 Å². The highest BCUT2D eigenvalue weighted by molar-refractivity contribution is 5.85. The number of nitrogens with zero attached hydrogens (tertiary/aromatic N) is 2. The summed E-state index contributed by atoms with van der Waals surface area (Å²) < 4.78 is 0. The lowest BCUT2D eigenvalue weighted by molar-refractivity contribution is 0.472. The van der Waals surface area contributed by atoms with Crippen molar-refractivity contribution in [3.63, 3.8) is 0 Å². The van der Waals surface area contributed by atoms with Crippen molar-refractivity contribution in [2.75, 3.05) is 12.8 Å². The van der Waals surface area contributed by atoms with Gasteiger partial charge in [0.05, 0.1) is 16.6 Å². The number of nitrogens with one attached hydrogen (secondary N) is 2. The number of aromatic hydroxyl groups is 1. The van der Waals surface area contributed by atoms with E-state index in [0.29, 0.717) is 22.7 Å². The van der Waals surface area contributed by atoms with E-state index in [1.807, 2.05) is 32.3 Å². The van der Waals surface area contributed by atoms with Gasteiger partial charge < -0.3 is 21.1 Å². The summed E-state index contributed by atoms with van der Waals surface area (Å²) in [6.07, 6.45) is 6.53. The van der Waals surface area contributed by atoms with Crippen molar-refractivity contribution in [2.45, 2.75) is 27.2 Å². The van der Waals surface area contributed by atoms with Crippen molar-refractivity contribution in [1.29, 1.82) is 0 Å². The number of fused-ring (bicyclic) bond motifs is 1. The van der Waals surface area contributed by atoms with E-state index in [4.69, 9.17) is 5.73 Å². The number of pyridine rings is 1. The van der Waals surface area contributed by atoms with Crippen LogP contribution >= 0.6 is 0 Å². The molecule has 2 heterocycles. The Hall–Kier alpha value is -3.28. The van der Waals surface area contributed by atoms with Crippen molar-refractivity contribution in [1.82, 2.24) is 20.3 Å². The second-order valence-electron chi connectivity index (χ2n) is 6.20. The maximum atomic E-state index is 9.84. The van der Waals surface area contributed by atoms with Crippen LogP contribution in [0.2, 0.25) is 0 Å². The van der Waals surface area contributed by atoms with Gasteiger partial charge in [0.1, 0.15) is 17.4 Å². The van der Waals surface area contributed by atoms with Gasteiger partial charge in [0.25, 0.3) is 0 Å². The average Bonchev–Trinajstić information content (AvgIpc) is 3.04. The van der Waals surface area contributed by atoms with Gasteiger partial charge in [0.15, 0.2) is 0 Å². The van der Waals surface area contributed by atoms with Gasteiger partial charge in [-0.1, -0.05) is 32.9 Å². The number of H-pyrrole nitrogens is 1. The summed E-state index contributed by atoms with van der Waals surface area (Å²) in [4.78, 5) is 12.0. The number of aryl methyl sites for hydroxylation is 1. The topological polar surface area (TPSA) is 99.8 Å². The summed E-state index contributed by atoms with van der Waals surface area (Å²) in [6.45, 7) is 9.90. The number of aromatic amines is 1. The Kier molecular flexibility index (Phi) is 6.60. The lowest BCUT2D eigenvalue weighted by Gasteiger charge is -2.07. The van der Waals surface area contributed by atoms with E-state index >= 15 is 0 Å². The molecular weight excluding hydrogens is 338 g/mol. The first-order valence-electron chi connectivity index (χ1n) is 8.90. The molecule has 0 aliphatic rings. The van der Waals surface area contributed by atoms with Crippen LogP contribution in [0.25, 0.3) is 28.0 Å². The number of hydrogen-bond donors (Lipinski definition) is 4. The zero-order chi connectivity index (χ0) is 20.0. The fourth-order valence-electron chi connectivity index (χ4n) is 2.52. The van der Waals surface area contributed by atoms with Crippen LogP contribution in [0.1, 0.15) is 31.4 Å². The molecule has 0 bridgehead atoms. The maximum Gasteiger partial charge on any atom is 0.142 e. The Bertz CT molecular complexity index is 933. The molecule has 27 heavy (non-hydrogen) atoms. The standard InChI is InChI=1S/C18H19N5O.C3H8/c1-4-11(8-20-3)12-6-13(17(19)21-9-12)18-22-14-5-10(2)16(24)7-15(14)23-18;1-3-2/h4-9,20,24H,1H2,2-3H3,(H2,19,21)(H,22,23);3H2,1-2H3/b11-8+;. The van der Waals surface area contributed by atoms with Gasteiger partial charge in [0, 0.05) is 31.1 Å². The molecule has 0 amide bonds. The fraction of sp³-hybridized carbons (Fsp3) is 0.238. The molecule has 1 aromatic carbocycles. The lowest BCUT2D eigenvalue weighted by Crippen LogP contribution is -1.99. The summed E-state index contributed by atoms with van der Waals surface area (Å²) >= 11 is 0. The number of allylic oxidation sites excluding steroid dienone is 2. The number of phenols is 1. The molecule has 142 valence electrons. The smallest absolute Gasteiger partial charge is 0.142 e. The van der Waals surface area contributed by atoms with Gasteiger partial charge in [-0.15, -0.1) is 0 Å². The van der Waals surface area contributed by atoms with Crippen LogP contribution in [0.3, 0.4) is 0 Å². The molecule has 0 saturated heterocycles. The number of imidazole rings is 1. The molecule has 3 rings (SSSR count). The minimum Gasteiger partial charge on any atom is -0.508 e. The van der Waals surface area contributed by atoms with Crippen molar-refractivity contribution in [3.05, 3.63) is 54.4 Å². The largest absolute Gasteiger partial charge is 0.508 e. The molecule has 0 aliphatic heterocycles. The molecule has 0 spiro atoms. The van der Waals surface area contributed by atoms with E-state index in [-0.39, 0.29) is 5.75 Å².